The lowest BCUT2D eigenvalue weighted by Gasteiger charge is -2.37. The number of nitrogens with two attached hydrogens (primary N) is 1. The zero-order valence-electron chi connectivity index (χ0n) is 13.9. The smallest absolute Gasteiger partial charge is 0.287 e. The second-order valence-electron chi connectivity index (χ2n) is 5.98. The molecule has 1 amide bonds. The molecule has 0 unspecified atom stereocenters. The standard InChI is InChI=1S/C17H19N5O3/c1-12-10-15(22(24)25)11-19-17(12)21-8-6-20(7-9-21)14-4-2-13(3-5-14)16(18)23/h2-5,10-11H,6-9H2,1H3,(H2,18,23). The molecule has 0 bridgehead atoms. The fourth-order valence-electron chi connectivity index (χ4n) is 3.00. The maximum Gasteiger partial charge on any atom is 0.287 e. The van der Waals surface area contributed by atoms with E-state index in [9.17, 15) is 14.9 Å². The Labute approximate surface area is 145 Å². The summed E-state index contributed by atoms with van der Waals surface area (Å²) in [4.78, 5) is 30.2. The average Bonchev–Trinajstić information content (AvgIpc) is 2.62. The molecule has 1 fully saturated rings. The first kappa shape index (κ1) is 16.7. The number of carbonyl (C=O) groups is 1. The summed E-state index contributed by atoms with van der Waals surface area (Å²) in [5.41, 5.74) is 7.60. The molecule has 0 aliphatic carbocycles. The highest BCUT2D eigenvalue weighted by molar-refractivity contribution is 5.93. The van der Waals surface area contributed by atoms with Crippen molar-refractivity contribution in [1.82, 2.24) is 4.98 Å². The lowest BCUT2D eigenvalue weighted by molar-refractivity contribution is -0.385. The van der Waals surface area contributed by atoms with E-state index in [1.807, 2.05) is 19.1 Å². The van der Waals surface area contributed by atoms with Crippen LogP contribution in [0.25, 0.3) is 0 Å². The Balaban J connectivity index is 1.67. The highest BCUT2D eigenvalue weighted by Crippen LogP contribution is 2.24. The Morgan fingerprint density at radius 3 is 2.28 bits per heavy atom. The van der Waals surface area contributed by atoms with Gasteiger partial charge in [0, 0.05) is 43.5 Å². The number of aryl methyl sites for hydroxylation is 1. The molecular formula is C17H19N5O3. The van der Waals surface area contributed by atoms with Crippen LogP contribution in [0.5, 0.6) is 0 Å². The van der Waals surface area contributed by atoms with Crippen LogP contribution in [0, 0.1) is 17.0 Å². The molecule has 1 saturated heterocycles. The Morgan fingerprint density at radius 2 is 1.76 bits per heavy atom. The van der Waals surface area contributed by atoms with Crippen molar-refractivity contribution in [3.63, 3.8) is 0 Å². The predicted octanol–water partition coefficient (Wildman–Crippen LogP) is 1.72. The minimum atomic E-state index is -0.434. The summed E-state index contributed by atoms with van der Waals surface area (Å²) in [7, 11) is 0. The molecule has 1 aliphatic rings. The second-order valence-corrected chi connectivity index (χ2v) is 5.98. The number of piperazine rings is 1. The molecular weight excluding hydrogens is 322 g/mol. The third-order valence-corrected chi connectivity index (χ3v) is 4.34. The van der Waals surface area contributed by atoms with Gasteiger partial charge in [-0.05, 0) is 36.8 Å². The zero-order valence-corrected chi connectivity index (χ0v) is 13.9. The van der Waals surface area contributed by atoms with Crippen LogP contribution in [0.1, 0.15) is 15.9 Å². The molecule has 2 heterocycles. The first-order valence-electron chi connectivity index (χ1n) is 7.96. The lowest BCUT2D eigenvalue weighted by Crippen LogP contribution is -2.47. The van der Waals surface area contributed by atoms with Crippen molar-refractivity contribution in [2.45, 2.75) is 6.92 Å². The van der Waals surface area contributed by atoms with E-state index in [1.165, 1.54) is 6.20 Å². The topological polar surface area (TPSA) is 106 Å². The number of nitro groups is 1. The number of anilines is 2. The maximum atomic E-state index is 11.1. The van der Waals surface area contributed by atoms with Gasteiger partial charge in [0.1, 0.15) is 12.0 Å². The van der Waals surface area contributed by atoms with Gasteiger partial charge >= 0.3 is 0 Å². The van der Waals surface area contributed by atoms with Gasteiger partial charge in [0.15, 0.2) is 0 Å². The summed E-state index contributed by atoms with van der Waals surface area (Å²) in [5, 5.41) is 10.8. The molecule has 8 nitrogen and oxygen atoms in total. The number of nitrogens with zero attached hydrogens (tertiary/aromatic N) is 4. The molecule has 2 N–H and O–H groups in total. The molecule has 0 radical (unpaired) electrons. The zero-order chi connectivity index (χ0) is 18.0. The molecule has 8 heteroatoms. The fraction of sp³-hybridized carbons (Fsp3) is 0.294. The molecule has 1 aliphatic heterocycles. The van der Waals surface area contributed by atoms with Gasteiger partial charge < -0.3 is 15.5 Å². The van der Waals surface area contributed by atoms with Crippen molar-refractivity contribution >= 4 is 23.1 Å². The van der Waals surface area contributed by atoms with E-state index < -0.39 is 10.8 Å². The van der Waals surface area contributed by atoms with E-state index in [0.29, 0.717) is 5.56 Å². The number of hydrogen-bond donors (Lipinski definition) is 1. The van der Waals surface area contributed by atoms with Crippen LogP contribution in [0.2, 0.25) is 0 Å². The van der Waals surface area contributed by atoms with E-state index in [1.54, 1.807) is 18.2 Å². The third kappa shape index (κ3) is 3.52. The largest absolute Gasteiger partial charge is 0.368 e. The highest BCUT2D eigenvalue weighted by Gasteiger charge is 2.21. The molecule has 25 heavy (non-hydrogen) atoms. The Hall–Kier alpha value is -3.16. The van der Waals surface area contributed by atoms with Crippen LogP contribution in [-0.4, -0.2) is 42.0 Å². The third-order valence-electron chi connectivity index (χ3n) is 4.34. The van der Waals surface area contributed by atoms with E-state index in [0.717, 1.165) is 43.2 Å². The Kier molecular flexibility index (Phi) is 4.51. The normalized spacial score (nSPS) is 14.4. The van der Waals surface area contributed by atoms with Crippen LogP contribution in [0.4, 0.5) is 17.2 Å². The van der Waals surface area contributed by atoms with Gasteiger partial charge in [0.2, 0.25) is 5.91 Å². The molecule has 1 aromatic heterocycles. The number of benzene rings is 1. The Morgan fingerprint density at radius 1 is 1.16 bits per heavy atom. The number of amides is 1. The summed E-state index contributed by atoms with van der Waals surface area (Å²) < 4.78 is 0. The van der Waals surface area contributed by atoms with E-state index >= 15 is 0 Å². The van der Waals surface area contributed by atoms with Gasteiger partial charge in [-0.2, -0.15) is 0 Å². The maximum absolute atomic E-state index is 11.1. The number of rotatable bonds is 4. The van der Waals surface area contributed by atoms with Gasteiger partial charge in [-0.15, -0.1) is 0 Å². The van der Waals surface area contributed by atoms with E-state index in [4.69, 9.17) is 5.73 Å². The van der Waals surface area contributed by atoms with Crippen LogP contribution >= 0.6 is 0 Å². The van der Waals surface area contributed by atoms with Gasteiger partial charge in [-0.1, -0.05) is 0 Å². The van der Waals surface area contributed by atoms with Crippen molar-refractivity contribution in [2.75, 3.05) is 36.0 Å². The lowest BCUT2D eigenvalue weighted by atomic mass is 10.1. The molecule has 0 spiro atoms. The Bertz CT molecular complexity index is 798. The van der Waals surface area contributed by atoms with Gasteiger partial charge in [0.05, 0.1) is 4.92 Å². The van der Waals surface area contributed by atoms with Crippen LogP contribution < -0.4 is 15.5 Å². The van der Waals surface area contributed by atoms with Gasteiger partial charge in [0.25, 0.3) is 5.69 Å². The SMILES string of the molecule is Cc1cc([N+](=O)[O-])cnc1N1CCN(c2ccc(C(N)=O)cc2)CC1. The quantitative estimate of drug-likeness (QED) is 0.670. The number of aromatic nitrogens is 1. The number of primary amides is 1. The highest BCUT2D eigenvalue weighted by atomic mass is 16.6. The van der Waals surface area contributed by atoms with Crippen molar-refractivity contribution in [3.8, 4) is 0 Å². The van der Waals surface area contributed by atoms with E-state index in [-0.39, 0.29) is 5.69 Å². The van der Waals surface area contributed by atoms with Crippen molar-refractivity contribution < 1.29 is 9.72 Å². The summed E-state index contributed by atoms with van der Waals surface area (Å²) in [6, 6.07) is 8.80. The molecule has 3 rings (SSSR count). The monoisotopic (exact) mass is 341 g/mol. The number of hydrogen-bond acceptors (Lipinski definition) is 6. The van der Waals surface area contributed by atoms with Crippen molar-refractivity contribution in [3.05, 3.63) is 57.8 Å². The average molecular weight is 341 g/mol. The number of carbonyl (C=O) groups excluding carboxylic acids is 1. The fourth-order valence-corrected chi connectivity index (χ4v) is 3.00. The van der Waals surface area contributed by atoms with Crippen molar-refractivity contribution in [1.29, 1.82) is 0 Å². The van der Waals surface area contributed by atoms with Gasteiger partial charge in [-0.25, -0.2) is 4.98 Å². The number of pyridine rings is 1. The molecule has 130 valence electrons. The predicted molar refractivity (Wildman–Crippen MR) is 95.0 cm³/mol. The van der Waals surface area contributed by atoms with Crippen LogP contribution in [0.3, 0.4) is 0 Å². The van der Waals surface area contributed by atoms with Crippen LogP contribution in [0.15, 0.2) is 36.5 Å². The first-order valence-corrected chi connectivity index (χ1v) is 7.96. The molecule has 0 saturated carbocycles. The summed E-state index contributed by atoms with van der Waals surface area (Å²) >= 11 is 0. The summed E-state index contributed by atoms with van der Waals surface area (Å²) in [6.07, 6.45) is 1.30. The minimum Gasteiger partial charge on any atom is -0.368 e. The van der Waals surface area contributed by atoms with E-state index in [2.05, 4.69) is 14.8 Å². The summed E-state index contributed by atoms with van der Waals surface area (Å²) in [5.74, 6) is 0.352. The second kappa shape index (κ2) is 6.76. The van der Waals surface area contributed by atoms with Crippen molar-refractivity contribution in [2.24, 2.45) is 5.73 Å². The van der Waals surface area contributed by atoms with Crippen LogP contribution in [-0.2, 0) is 0 Å². The first-order chi connectivity index (χ1) is 12.0. The summed E-state index contributed by atoms with van der Waals surface area (Å²) in [6.45, 7) is 4.97. The van der Waals surface area contributed by atoms with Gasteiger partial charge in [-0.3, -0.25) is 14.9 Å². The molecule has 2 aromatic rings. The molecule has 0 atom stereocenters. The minimum absolute atomic E-state index is 0.00873. The molecule has 1 aromatic carbocycles.